The number of carbonyl (C=O) groups is 2. The summed E-state index contributed by atoms with van der Waals surface area (Å²) in [6.45, 7) is 5.64. The Kier molecular flexibility index (Phi) is 4.76. The molecule has 0 N–H and O–H groups in total. The highest BCUT2D eigenvalue weighted by molar-refractivity contribution is 6.21. The van der Waals surface area contributed by atoms with Crippen molar-refractivity contribution >= 4 is 11.8 Å². The van der Waals surface area contributed by atoms with E-state index in [0.717, 1.165) is 11.1 Å². The van der Waals surface area contributed by atoms with Crippen LogP contribution in [0.3, 0.4) is 0 Å². The van der Waals surface area contributed by atoms with Gasteiger partial charge >= 0.3 is 0 Å². The van der Waals surface area contributed by atoms with Crippen LogP contribution in [-0.4, -0.2) is 23.3 Å². The van der Waals surface area contributed by atoms with Gasteiger partial charge in [0.2, 0.25) is 0 Å². The molecule has 0 aromatic heterocycles. The van der Waals surface area contributed by atoms with Crippen molar-refractivity contribution in [3.63, 3.8) is 0 Å². The third kappa shape index (κ3) is 3.24. The lowest BCUT2D eigenvalue weighted by molar-refractivity contribution is 0.0638. The molecule has 0 aliphatic carbocycles. The van der Waals surface area contributed by atoms with E-state index in [4.69, 9.17) is 4.74 Å². The zero-order chi connectivity index (χ0) is 17.1. The highest BCUT2D eigenvalue weighted by Gasteiger charge is 2.35. The molecule has 1 aliphatic rings. The van der Waals surface area contributed by atoms with Crippen molar-refractivity contribution in [1.29, 1.82) is 0 Å². The second kappa shape index (κ2) is 6.97. The van der Waals surface area contributed by atoms with Crippen molar-refractivity contribution in [1.82, 2.24) is 4.90 Å². The van der Waals surface area contributed by atoms with Crippen molar-refractivity contribution < 1.29 is 14.3 Å². The summed E-state index contributed by atoms with van der Waals surface area (Å²) in [7, 11) is 0. The molecule has 0 spiro atoms. The third-order valence-electron chi connectivity index (χ3n) is 4.03. The summed E-state index contributed by atoms with van der Waals surface area (Å²) in [6.07, 6.45) is 0. The predicted octanol–water partition coefficient (Wildman–Crippen LogP) is 3.66. The van der Waals surface area contributed by atoms with Gasteiger partial charge in [0.15, 0.2) is 0 Å². The van der Waals surface area contributed by atoms with Gasteiger partial charge in [0.05, 0.1) is 24.3 Å². The molecular weight excluding hydrogens is 302 g/mol. The molecule has 0 fully saturated rings. The van der Waals surface area contributed by atoms with Crippen LogP contribution in [0.25, 0.3) is 0 Å². The lowest BCUT2D eigenvalue weighted by atomic mass is 10.1. The summed E-state index contributed by atoms with van der Waals surface area (Å²) in [5.74, 6) is 0.00963. The molecular formula is C20H21NO3. The van der Waals surface area contributed by atoms with E-state index in [1.807, 2.05) is 24.3 Å². The van der Waals surface area contributed by atoms with Crippen LogP contribution in [0.5, 0.6) is 0 Å². The molecule has 0 radical (unpaired) electrons. The molecule has 1 aliphatic heterocycles. The molecule has 1 heterocycles. The van der Waals surface area contributed by atoms with Gasteiger partial charge in [0, 0.05) is 6.61 Å². The van der Waals surface area contributed by atoms with Crippen LogP contribution in [0.4, 0.5) is 0 Å². The first kappa shape index (κ1) is 16.4. The van der Waals surface area contributed by atoms with Gasteiger partial charge in [-0.05, 0) is 29.2 Å². The fourth-order valence-electron chi connectivity index (χ4n) is 2.81. The van der Waals surface area contributed by atoms with E-state index in [1.165, 1.54) is 4.90 Å². The van der Waals surface area contributed by atoms with Crippen molar-refractivity contribution in [2.45, 2.75) is 27.0 Å². The van der Waals surface area contributed by atoms with E-state index in [0.29, 0.717) is 30.3 Å². The molecule has 4 heteroatoms. The van der Waals surface area contributed by atoms with Gasteiger partial charge < -0.3 is 4.74 Å². The number of carbonyl (C=O) groups excluding carboxylic acids is 2. The van der Waals surface area contributed by atoms with Crippen LogP contribution in [0, 0.1) is 5.92 Å². The Hall–Kier alpha value is -2.46. The van der Waals surface area contributed by atoms with Crippen molar-refractivity contribution in [2.75, 3.05) is 6.61 Å². The first-order chi connectivity index (χ1) is 11.6. The van der Waals surface area contributed by atoms with E-state index < -0.39 is 0 Å². The Morgan fingerprint density at radius 2 is 1.42 bits per heavy atom. The zero-order valence-electron chi connectivity index (χ0n) is 14.0. The largest absolute Gasteiger partial charge is 0.376 e. The molecule has 3 rings (SSSR count). The zero-order valence-corrected chi connectivity index (χ0v) is 14.0. The molecule has 2 aromatic carbocycles. The summed E-state index contributed by atoms with van der Waals surface area (Å²) in [5.41, 5.74) is 2.91. The van der Waals surface area contributed by atoms with E-state index in [9.17, 15) is 9.59 Å². The summed E-state index contributed by atoms with van der Waals surface area (Å²) in [5, 5.41) is 0. The first-order valence-corrected chi connectivity index (χ1v) is 8.17. The number of ether oxygens (including phenoxy) is 1. The van der Waals surface area contributed by atoms with Crippen LogP contribution >= 0.6 is 0 Å². The normalized spacial score (nSPS) is 13.7. The number of imide groups is 1. The Balaban J connectivity index is 1.78. The summed E-state index contributed by atoms with van der Waals surface area (Å²) in [4.78, 5) is 26.3. The van der Waals surface area contributed by atoms with Crippen molar-refractivity contribution in [3.8, 4) is 0 Å². The van der Waals surface area contributed by atoms with Crippen molar-refractivity contribution in [2.24, 2.45) is 5.92 Å². The SMILES string of the molecule is CC(C)COCc1ccccc1CN1C(=O)c2ccccc2C1=O. The van der Waals surface area contributed by atoms with Gasteiger partial charge in [0.1, 0.15) is 0 Å². The Labute approximate surface area is 142 Å². The highest BCUT2D eigenvalue weighted by Crippen LogP contribution is 2.25. The summed E-state index contributed by atoms with van der Waals surface area (Å²) < 4.78 is 5.71. The second-order valence-electron chi connectivity index (χ2n) is 6.42. The van der Waals surface area contributed by atoms with Crippen LogP contribution in [0.2, 0.25) is 0 Å². The lowest BCUT2D eigenvalue weighted by Gasteiger charge is -2.17. The molecule has 0 bridgehead atoms. The van der Waals surface area contributed by atoms with Crippen LogP contribution in [0.15, 0.2) is 48.5 Å². The van der Waals surface area contributed by atoms with Gasteiger partial charge in [-0.15, -0.1) is 0 Å². The molecule has 2 aromatic rings. The number of benzene rings is 2. The molecule has 2 amide bonds. The maximum Gasteiger partial charge on any atom is 0.261 e. The molecule has 0 unspecified atom stereocenters. The molecule has 124 valence electrons. The van der Waals surface area contributed by atoms with E-state index in [-0.39, 0.29) is 18.4 Å². The maximum atomic E-state index is 12.5. The Morgan fingerprint density at radius 1 is 0.875 bits per heavy atom. The number of hydrogen-bond acceptors (Lipinski definition) is 3. The summed E-state index contributed by atoms with van der Waals surface area (Å²) in [6, 6.07) is 14.7. The topological polar surface area (TPSA) is 46.6 Å². The fourth-order valence-corrected chi connectivity index (χ4v) is 2.81. The van der Waals surface area contributed by atoms with Gasteiger partial charge in [0.25, 0.3) is 11.8 Å². The maximum absolute atomic E-state index is 12.5. The Morgan fingerprint density at radius 3 is 2.00 bits per heavy atom. The second-order valence-corrected chi connectivity index (χ2v) is 6.42. The average molecular weight is 323 g/mol. The average Bonchev–Trinajstić information content (AvgIpc) is 2.81. The van der Waals surface area contributed by atoms with Crippen LogP contribution in [-0.2, 0) is 17.9 Å². The van der Waals surface area contributed by atoms with E-state index in [2.05, 4.69) is 13.8 Å². The molecule has 4 nitrogen and oxygen atoms in total. The van der Waals surface area contributed by atoms with Gasteiger partial charge in [-0.2, -0.15) is 0 Å². The van der Waals surface area contributed by atoms with Gasteiger partial charge in [-0.25, -0.2) is 0 Å². The number of nitrogens with zero attached hydrogens (tertiary/aromatic N) is 1. The first-order valence-electron chi connectivity index (χ1n) is 8.17. The minimum Gasteiger partial charge on any atom is -0.376 e. The molecule has 24 heavy (non-hydrogen) atoms. The predicted molar refractivity (Wildman–Crippen MR) is 91.6 cm³/mol. The lowest BCUT2D eigenvalue weighted by Crippen LogP contribution is -2.29. The van der Waals surface area contributed by atoms with Crippen LogP contribution in [0.1, 0.15) is 45.7 Å². The number of hydrogen-bond donors (Lipinski definition) is 0. The highest BCUT2D eigenvalue weighted by atomic mass is 16.5. The number of amides is 2. The number of rotatable bonds is 6. The monoisotopic (exact) mass is 323 g/mol. The smallest absolute Gasteiger partial charge is 0.261 e. The minimum atomic E-state index is -0.228. The fraction of sp³-hybridized carbons (Fsp3) is 0.300. The van der Waals surface area contributed by atoms with E-state index >= 15 is 0 Å². The van der Waals surface area contributed by atoms with Crippen molar-refractivity contribution in [3.05, 3.63) is 70.8 Å². The van der Waals surface area contributed by atoms with Gasteiger partial charge in [-0.1, -0.05) is 50.2 Å². The molecule has 0 atom stereocenters. The molecule has 0 saturated heterocycles. The Bertz CT molecular complexity index is 732. The quantitative estimate of drug-likeness (QED) is 0.762. The number of fused-ring (bicyclic) bond motifs is 1. The van der Waals surface area contributed by atoms with Crippen LogP contribution < -0.4 is 0 Å². The standard InChI is InChI=1S/C20H21NO3/c1-14(2)12-24-13-16-8-4-3-7-15(16)11-21-19(22)17-9-5-6-10-18(17)20(21)23/h3-10,14H,11-13H2,1-2H3. The van der Waals surface area contributed by atoms with E-state index in [1.54, 1.807) is 24.3 Å². The minimum absolute atomic E-state index is 0.228. The molecule has 0 saturated carbocycles. The third-order valence-corrected chi connectivity index (χ3v) is 4.03. The van der Waals surface area contributed by atoms with Gasteiger partial charge in [-0.3, -0.25) is 14.5 Å². The summed E-state index contributed by atoms with van der Waals surface area (Å²) >= 11 is 0.